The van der Waals surface area contributed by atoms with Crippen molar-refractivity contribution in [3.05, 3.63) is 35.9 Å². The van der Waals surface area contributed by atoms with Crippen LogP contribution >= 0.6 is 0 Å². The Bertz CT molecular complexity index is 676. The van der Waals surface area contributed by atoms with Crippen LogP contribution in [0.1, 0.15) is 45.1 Å². The minimum absolute atomic E-state index is 0.127. The predicted octanol–water partition coefficient (Wildman–Crippen LogP) is 2.15. The molecule has 0 bridgehead atoms. The number of carbonyl (C=O) groups excluding carboxylic acids is 3. The van der Waals surface area contributed by atoms with Gasteiger partial charge in [-0.25, -0.2) is 4.79 Å². The van der Waals surface area contributed by atoms with Crippen LogP contribution in [0.2, 0.25) is 0 Å². The number of urea groups is 1. The highest BCUT2D eigenvalue weighted by Crippen LogP contribution is 2.28. The first-order valence-electron chi connectivity index (χ1n) is 8.91. The van der Waals surface area contributed by atoms with Gasteiger partial charge in [0.25, 0.3) is 5.91 Å². The van der Waals surface area contributed by atoms with Crippen LogP contribution < -0.4 is 10.6 Å². The Morgan fingerprint density at radius 1 is 1.24 bits per heavy atom. The van der Waals surface area contributed by atoms with E-state index in [2.05, 4.69) is 17.6 Å². The molecule has 2 fully saturated rings. The molecule has 3 rings (SSSR count). The minimum Gasteiger partial charge on any atom is -0.352 e. The molecule has 1 heterocycles. The van der Waals surface area contributed by atoms with E-state index in [1.165, 1.54) is 6.42 Å². The third-order valence-electron chi connectivity index (χ3n) is 5.39. The Morgan fingerprint density at radius 3 is 2.60 bits per heavy atom. The summed E-state index contributed by atoms with van der Waals surface area (Å²) in [7, 11) is 0. The van der Waals surface area contributed by atoms with Gasteiger partial charge in [0.2, 0.25) is 5.91 Å². The molecule has 0 aromatic heterocycles. The van der Waals surface area contributed by atoms with E-state index in [1.807, 2.05) is 18.2 Å². The maximum Gasteiger partial charge on any atom is 0.325 e. The summed E-state index contributed by atoms with van der Waals surface area (Å²) in [5.74, 6) is -0.245. The second-order valence-corrected chi connectivity index (χ2v) is 7.25. The normalized spacial score (nSPS) is 29.4. The lowest BCUT2D eigenvalue weighted by Gasteiger charge is -2.30. The average molecular weight is 343 g/mol. The number of hydrogen-bond donors (Lipinski definition) is 2. The van der Waals surface area contributed by atoms with Crippen LogP contribution in [0.3, 0.4) is 0 Å². The van der Waals surface area contributed by atoms with E-state index in [1.54, 1.807) is 19.1 Å². The lowest BCUT2D eigenvalue weighted by Crippen LogP contribution is -2.47. The van der Waals surface area contributed by atoms with Crippen molar-refractivity contribution in [2.45, 2.75) is 51.1 Å². The van der Waals surface area contributed by atoms with Crippen LogP contribution in [-0.4, -0.2) is 35.3 Å². The average Bonchev–Trinajstić information content (AvgIpc) is 2.82. The summed E-state index contributed by atoms with van der Waals surface area (Å²) < 4.78 is 0. The molecule has 2 aliphatic rings. The topological polar surface area (TPSA) is 78.5 Å². The molecule has 6 nitrogen and oxygen atoms in total. The lowest BCUT2D eigenvalue weighted by atomic mass is 9.86. The van der Waals surface area contributed by atoms with Crippen molar-refractivity contribution in [3.8, 4) is 0 Å². The second-order valence-electron chi connectivity index (χ2n) is 7.25. The van der Waals surface area contributed by atoms with Gasteiger partial charge >= 0.3 is 6.03 Å². The summed E-state index contributed by atoms with van der Waals surface area (Å²) in [4.78, 5) is 38.4. The third-order valence-corrected chi connectivity index (χ3v) is 5.39. The van der Waals surface area contributed by atoms with Gasteiger partial charge in [0.05, 0.1) is 0 Å². The predicted molar refractivity (Wildman–Crippen MR) is 93.6 cm³/mol. The summed E-state index contributed by atoms with van der Waals surface area (Å²) >= 11 is 0. The van der Waals surface area contributed by atoms with Crippen LogP contribution in [0.25, 0.3) is 0 Å². The van der Waals surface area contributed by atoms with Crippen LogP contribution in [-0.2, 0) is 15.1 Å². The highest BCUT2D eigenvalue weighted by atomic mass is 16.2. The van der Waals surface area contributed by atoms with Gasteiger partial charge < -0.3 is 10.6 Å². The quantitative estimate of drug-likeness (QED) is 0.822. The number of hydrogen-bond acceptors (Lipinski definition) is 3. The summed E-state index contributed by atoms with van der Waals surface area (Å²) in [6.45, 7) is 3.56. The van der Waals surface area contributed by atoms with Crippen molar-refractivity contribution in [1.82, 2.24) is 15.5 Å². The molecule has 2 N–H and O–H groups in total. The number of rotatable bonds is 4. The fraction of sp³-hybridized carbons (Fsp3) is 0.526. The summed E-state index contributed by atoms with van der Waals surface area (Å²) in [5.41, 5.74) is -0.423. The van der Waals surface area contributed by atoms with E-state index in [-0.39, 0.29) is 18.5 Å². The zero-order valence-corrected chi connectivity index (χ0v) is 14.7. The van der Waals surface area contributed by atoms with Crippen molar-refractivity contribution in [2.75, 3.05) is 6.54 Å². The second kappa shape index (κ2) is 6.86. The molecule has 1 saturated heterocycles. The maximum atomic E-state index is 12.8. The smallest absolute Gasteiger partial charge is 0.325 e. The fourth-order valence-electron chi connectivity index (χ4n) is 3.73. The first kappa shape index (κ1) is 17.5. The highest BCUT2D eigenvalue weighted by Gasteiger charge is 2.49. The van der Waals surface area contributed by atoms with E-state index in [0.717, 1.165) is 24.2 Å². The Kier molecular flexibility index (Phi) is 4.79. The zero-order valence-electron chi connectivity index (χ0n) is 14.7. The molecular weight excluding hydrogens is 318 g/mol. The SMILES string of the molecule is C[C@H]1CCCC[C@@H]1NC(=O)CN1C(=O)N[C@@](C)(c2ccccc2)C1=O. The molecular formula is C19H25N3O3. The van der Waals surface area contributed by atoms with Crippen LogP contribution in [0, 0.1) is 5.92 Å². The molecule has 0 radical (unpaired) electrons. The largest absolute Gasteiger partial charge is 0.352 e. The van der Waals surface area contributed by atoms with E-state index in [0.29, 0.717) is 11.5 Å². The summed E-state index contributed by atoms with van der Waals surface area (Å²) in [5, 5.41) is 5.71. The number of carbonyl (C=O) groups is 3. The molecule has 4 amide bonds. The first-order valence-corrected chi connectivity index (χ1v) is 8.91. The Labute approximate surface area is 148 Å². The van der Waals surface area contributed by atoms with Crippen molar-refractivity contribution in [3.63, 3.8) is 0 Å². The van der Waals surface area contributed by atoms with E-state index < -0.39 is 17.5 Å². The molecule has 6 heteroatoms. The molecule has 1 aromatic carbocycles. The summed E-state index contributed by atoms with van der Waals surface area (Å²) in [6, 6.07) is 8.69. The minimum atomic E-state index is -1.13. The van der Waals surface area contributed by atoms with Gasteiger partial charge in [-0.15, -0.1) is 0 Å². The molecule has 0 spiro atoms. The molecule has 1 aliphatic carbocycles. The van der Waals surface area contributed by atoms with Crippen LogP contribution in [0.15, 0.2) is 30.3 Å². The molecule has 25 heavy (non-hydrogen) atoms. The van der Waals surface area contributed by atoms with Crippen molar-refractivity contribution in [2.24, 2.45) is 5.92 Å². The third kappa shape index (κ3) is 3.38. The summed E-state index contributed by atoms with van der Waals surface area (Å²) in [6.07, 6.45) is 4.34. The monoisotopic (exact) mass is 343 g/mol. The van der Waals surface area contributed by atoms with Crippen molar-refractivity contribution >= 4 is 17.8 Å². The van der Waals surface area contributed by atoms with E-state index >= 15 is 0 Å². The van der Waals surface area contributed by atoms with Gasteiger partial charge in [0, 0.05) is 6.04 Å². The number of nitrogens with one attached hydrogen (secondary N) is 2. The van der Waals surface area contributed by atoms with Crippen molar-refractivity contribution in [1.29, 1.82) is 0 Å². The zero-order chi connectivity index (χ0) is 18.0. The Balaban J connectivity index is 1.67. The van der Waals surface area contributed by atoms with E-state index in [4.69, 9.17) is 0 Å². The maximum absolute atomic E-state index is 12.8. The fourth-order valence-corrected chi connectivity index (χ4v) is 3.73. The number of amides is 4. The van der Waals surface area contributed by atoms with E-state index in [9.17, 15) is 14.4 Å². The Hall–Kier alpha value is -2.37. The highest BCUT2D eigenvalue weighted by molar-refractivity contribution is 6.09. The molecule has 134 valence electrons. The van der Waals surface area contributed by atoms with Gasteiger partial charge in [-0.1, -0.05) is 50.1 Å². The number of imide groups is 1. The number of benzene rings is 1. The molecule has 1 aliphatic heterocycles. The number of nitrogens with zero attached hydrogens (tertiary/aromatic N) is 1. The van der Waals surface area contributed by atoms with Gasteiger partial charge in [-0.05, 0) is 31.2 Å². The van der Waals surface area contributed by atoms with Gasteiger partial charge in [0.1, 0.15) is 12.1 Å². The van der Waals surface area contributed by atoms with Gasteiger partial charge in [-0.2, -0.15) is 0 Å². The van der Waals surface area contributed by atoms with Crippen LogP contribution in [0.5, 0.6) is 0 Å². The lowest BCUT2D eigenvalue weighted by molar-refractivity contribution is -0.135. The Morgan fingerprint density at radius 2 is 1.92 bits per heavy atom. The standard InChI is InChI=1S/C19H25N3O3/c1-13-8-6-7-11-15(13)20-16(23)12-22-17(24)19(2,21-18(22)25)14-9-4-3-5-10-14/h3-5,9-10,13,15H,6-8,11-12H2,1-2H3,(H,20,23)(H,21,25)/t13-,15-,19-/m0/s1. The van der Waals surface area contributed by atoms with Gasteiger partial charge in [-0.3, -0.25) is 14.5 Å². The van der Waals surface area contributed by atoms with Gasteiger partial charge in [0.15, 0.2) is 0 Å². The molecule has 3 atom stereocenters. The molecule has 1 aromatic rings. The molecule has 0 unspecified atom stereocenters. The van der Waals surface area contributed by atoms with Crippen molar-refractivity contribution < 1.29 is 14.4 Å². The van der Waals surface area contributed by atoms with Crippen LogP contribution in [0.4, 0.5) is 4.79 Å². The first-order chi connectivity index (χ1) is 11.9. The molecule has 1 saturated carbocycles.